The zero-order chi connectivity index (χ0) is 17.5. The van der Waals surface area contributed by atoms with Crippen molar-refractivity contribution in [2.45, 2.75) is 20.9 Å². The van der Waals surface area contributed by atoms with Crippen molar-refractivity contribution in [1.29, 1.82) is 0 Å². The molecule has 3 aromatic rings. The topological polar surface area (TPSA) is 73.8 Å². The lowest BCUT2D eigenvalue weighted by molar-refractivity contribution is 0.619. The van der Waals surface area contributed by atoms with Crippen LogP contribution in [0.4, 0.5) is 0 Å². The Kier molecular flexibility index (Phi) is 7.81. The summed E-state index contributed by atoms with van der Waals surface area (Å²) in [6.07, 6.45) is 1.60. The molecule has 0 radical (unpaired) electrons. The first kappa shape index (κ1) is 20.4. The van der Waals surface area contributed by atoms with Crippen LogP contribution in [-0.2, 0) is 20.6 Å². The molecular formula is C18H27N5O2. The third-order valence-corrected chi connectivity index (χ3v) is 3.66. The van der Waals surface area contributed by atoms with Crippen LogP contribution in [0.25, 0.3) is 11.2 Å². The molecular weight excluding hydrogens is 318 g/mol. The van der Waals surface area contributed by atoms with E-state index in [0.29, 0.717) is 17.7 Å². The van der Waals surface area contributed by atoms with E-state index >= 15 is 0 Å². The monoisotopic (exact) mass is 345 g/mol. The fourth-order valence-corrected chi connectivity index (χ4v) is 2.33. The van der Waals surface area contributed by atoms with E-state index < -0.39 is 0 Å². The van der Waals surface area contributed by atoms with Crippen LogP contribution < -0.4 is 16.6 Å². The molecule has 0 aliphatic carbocycles. The van der Waals surface area contributed by atoms with Crippen LogP contribution in [0, 0.1) is 0 Å². The van der Waals surface area contributed by atoms with Gasteiger partial charge in [0, 0.05) is 27.2 Å². The van der Waals surface area contributed by atoms with Crippen LogP contribution in [0.3, 0.4) is 0 Å². The number of rotatable bonds is 4. The largest absolute Gasteiger partial charge is 0.332 e. The van der Waals surface area contributed by atoms with Crippen molar-refractivity contribution in [2.24, 2.45) is 14.1 Å². The van der Waals surface area contributed by atoms with Crippen LogP contribution in [0.1, 0.15) is 14.4 Å². The number of aryl methyl sites for hydroxylation is 1. The fraction of sp³-hybridized carbons (Fsp3) is 0.389. The molecule has 7 heteroatoms. The zero-order valence-electron chi connectivity index (χ0n) is 14.3. The number of hydrogen-bond acceptors (Lipinski definition) is 4. The van der Waals surface area contributed by atoms with E-state index in [1.807, 2.05) is 43.3 Å². The lowest BCUT2D eigenvalue weighted by atomic mass is 10.4. The zero-order valence-corrected chi connectivity index (χ0v) is 14.3. The van der Waals surface area contributed by atoms with Gasteiger partial charge in [0.1, 0.15) is 0 Å². The maximum Gasteiger partial charge on any atom is 0.332 e. The Morgan fingerprint density at radius 2 is 1.56 bits per heavy atom. The molecule has 136 valence electrons. The van der Waals surface area contributed by atoms with Gasteiger partial charge in [-0.15, -0.1) is 0 Å². The molecule has 0 unspecified atom stereocenters. The molecule has 7 nitrogen and oxygen atoms in total. The van der Waals surface area contributed by atoms with E-state index in [1.165, 1.54) is 11.6 Å². The number of imidazole rings is 1. The van der Waals surface area contributed by atoms with Gasteiger partial charge in [0.15, 0.2) is 11.2 Å². The van der Waals surface area contributed by atoms with Crippen LogP contribution in [0.5, 0.6) is 0 Å². The minimum absolute atomic E-state index is 0. The fourth-order valence-electron chi connectivity index (χ4n) is 2.33. The van der Waals surface area contributed by atoms with Crippen LogP contribution in [0.2, 0.25) is 0 Å². The van der Waals surface area contributed by atoms with Crippen molar-refractivity contribution in [2.75, 3.05) is 13.1 Å². The van der Waals surface area contributed by atoms with Gasteiger partial charge < -0.3 is 9.88 Å². The Labute approximate surface area is 147 Å². The van der Waals surface area contributed by atoms with Crippen LogP contribution in [-0.4, -0.2) is 31.8 Å². The molecule has 3 rings (SSSR count). The molecule has 0 saturated heterocycles. The first-order valence-electron chi connectivity index (χ1n) is 7.89. The SMILES string of the molecule is C.CCNCCn1cnc2c1c(=O)n(C)c(=O)n2C.c1ccccc1. The quantitative estimate of drug-likeness (QED) is 0.725. The summed E-state index contributed by atoms with van der Waals surface area (Å²) in [7, 11) is 3.09. The van der Waals surface area contributed by atoms with Gasteiger partial charge >= 0.3 is 5.69 Å². The Bertz CT molecular complexity index is 867. The predicted octanol–water partition coefficient (Wildman–Crippen LogP) is 1.37. The van der Waals surface area contributed by atoms with E-state index in [0.717, 1.165) is 17.7 Å². The Hall–Kier alpha value is -2.67. The number of nitrogens with zero attached hydrogens (tertiary/aromatic N) is 4. The molecule has 1 aromatic carbocycles. The van der Waals surface area contributed by atoms with Gasteiger partial charge in [-0.1, -0.05) is 50.7 Å². The van der Waals surface area contributed by atoms with Crippen molar-refractivity contribution < 1.29 is 0 Å². The molecule has 0 amide bonds. The highest BCUT2D eigenvalue weighted by Gasteiger charge is 2.13. The van der Waals surface area contributed by atoms with Gasteiger partial charge in [-0.25, -0.2) is 9.78 Å². The Morgan fingerprint density at radius 1 is 1.00 bits per heavy atom. The maximum absolute atomic E-state index is 12.1. The molecule has 25 heavy (non-hydrogen) atoms. The molecule has 0 spiro atoms. The van der Waals surface area contributed by atoms with Gasteiger partial charge in [-0.05, 0) is 6.54 Å². The van der Waals surface area contributed by atoms with E-state index in [2.05, 4.69) is 10.3 Å². The van der Waals surface area contributed by atoms with E-state index in [1.54, 1.807) is 17.9 Å². The lowest BCUT2D eigenvalue weighted by Crippen LogP contribution is -2.37. The number of nitrogens with one attached hydrogen (secondary N) is 1. The second-order valence-corrected chi connectivity index (χ2v) is 5.32. The standard InChI is InChI=1S/C11H17N5O2.C6H6.CH4/c1-4-12-5-6-16-7-13-9-8(16)10(17)15(3)11(18)14(9)2;1-2-4-6-5-3-1;/h7,12H,4-6H2,1-3H3;1-6H;1H4. The van der Waals surface area contributed by atoms with Gasteiger partial charge in [-0.2, -0.15) is 0 Å². The molecule has 0 atom stereocenters. The van der Waals surface area contributed by atoms with E-state index in [-0.39, 0.29) is 18.7 Å². The molecule has 0 fully saturated rings. The number of fused-ring (bicyclic) bond motifs is 1. The van der Waals surface area contributed by atoms with Gasteiger partial charge in [-0.3, -0.25) is 13.9 Å². The molecule has 2 heterocycles. The summed E-state index contributed by atoms with van der Waals surface area (Å²) in [5.41, 5.74) is 0.239. The summed E-state index contributed by atoms with van der Waals surface area (Å²) in [5.74, 6) is 0. The minimum Gasteiger partial charge on any atom is -0.323 e. The highest BCUT2D eigenvalue weighted by atomic mass is 16.2. The highest BCUT2D eigenvalue weighted by molar-refractivity contribution is 5.69. The van der Waals surface area contributed by atoms with Gasteiger partial charge in [0.05, 0.1) is 6.33 Å². The Morgan fingerprint density at radius 3 is 2.08 bits per heavy atom. The molecule has 2 aromatic heterocycles. The summed E-state index contributed by atoms with van der Waals surface area (Å²) in [5, 5.41) is 3.19. The molecule has 0 bridgehead atoms. The third-order valence-electron chi connectivity index (χ3n) is 3.66. The van der Waals surface area contributed by atoms with Crippen molar-refractivity contribution >= 4 is 11.2 Å². The summed E-state index contributed by atoms with van der Waals surface area (Å²) >= 11 is 0. The number of likely N-dealkylation sites (N-methyl/N-ethyl adjacent to an activating group) is 1. The summed E-state index contributed by atoms with van der Waals surface area (Å²) in [6, 6.07) is 12.0. The predicted molar refractivity (Wildman–Crippen MR) is 102 cm³/mol. The first-order chi connectivity index (χ1) is 11.6. The number of aromatic nitrogens is 4. The highest BCUT2D eigenvalue weighted by Crippen LogP contribution is 2.04. The van der Waals surface area contributed by atoms with Crippen LogP contribution >= 0.6 is 0 Å². The average molecular weight is 345 g/mol. The molecule has 0 aliphatic heterocycles. The smallest absolute Gasteiger partial charge is 0.323 e. The van der Waals surface area contributed by atoms with Crippen molar-refractivity contribution in [3.8, 4) is 0 Å². The van der Waals surface area contributed by atoms with Crippen molar-refractivity contribution in [3.63, 3.8) is 0 Å². The summed E-state index contributed by atoms with van der Waals surface area (Å²) in [6.45, 7) is 4.31. The lowest BCUT2D eigenvalue weighted by Gasteiger charge is -2.06. The minimum atomic E-state index is -0.357. The normalized spacial score (nSPS) is 10.0. The summed E-state index contributed by atoms with van der Waals surface area (Å²) in [4.78, 5) is 28.0. The number of hydrogen-bond donors (Lipinski definition) is 1. The van der Waals surface area contributed by atoms with Crippen LogP contribution in [0.15, 0.2) is 52.3 Å². The third kappa shape index (κ3) is 4.67. The van der Waals surface area contributed by atoms with E-state index in [4.69, 9.17) is 0 Å². The van der Waals surface area contributed by atoms with Crippen molar-refractivity contribution in [3.05, 3.63) is 63.6 Å². The first-order valence-corrected chi connectivity index (χ1v) is 7.89. The van der Waals surface area contributed by atoms with E-state index in [9.17, 15) is 9.59 Å². The molecule has 0 saturated carbocycles. The summed E-state index contributed by atoms with van der Waals surface area (Å²) < 4.78 is 4.27. The second kappa shape index (κ2) is 9.58. The second-order valence-electron chi connectivity index (χ2n) is 5.32. The number of benzene rings is 1. The average Bonchev–Trinajstić information content (AvgIpc) is 3.04. The molecule has 0 aliphatic rings. The molecule has 1 N–H and O–H groups in total. The Balaban J connectivity index is 0.000000379. The van der Waals surface area contributed by atoms with Crippen molar-refractivity contribution in [1.82, 2.24) is 24.0 Å². The van der Waals surface area contributed by atoms with Gasteiger partial charge in [0.2, 0.25) is 0 Å². The van der Waals surface area contributed by atoms with Gasteiger partial charge in [0.25, 0.3) is 5.56 Å². The maximum atomic E-state index is 12.1.